The molecule has 4 heteroatoms. The molecule has 0 radical (unpaired) electrons. The quantitative estimate of drug-likeness (QED) is 0.322. The minimum Gasteiger partial charge on any atom is -0.298 e. The zero-order chi connectivity index (χ0) is 20.6. The number of ketones is 2. The molecule has 0 bridgehead atoms. The number of carbonyl (C=O) groups excluding carboxylic acids is 2. The maximum absolute atomic E-state index is 13.0. The van der Waals surface area contributed by atoms with Crippen molar-refractivity contribution in [2.75, 3.05) is 0 Å². The van der Waals surface area contributed by atoms with Crippen LogP contribution in [0.25, 0.3) is 0 Å². The van der Waals surface area contributed by atoms with E-state index in [1.54, 1.807) is 0 Å². The van der Waals surface area contributed by atoms with Crippen LogP contribution in [0.4, 0.5) is 0 Å². The Kier molecular flexibility index (Phi) is 10.4. The molecule has 162 valence electrons. The number of hydrogen-bond acceptors (Lipinski definition) is 4. The summed E-state index contributed by atoms with van der Waals surface area (Å²) in [6.45, 7) is 8.73. The molecular formula is C24H42O2S2. The van der Waals surface area contributed by atoms with Crippen LogP contribution in [-0.4, -0.2) is 26.1 Å². The summed E-state index contributed by atoms with van der Waals surface area (Å²) >= 11 is 3.68. The summed E-state index contributed by atoms with van der Waals surface area (Å²) in [5, 5.41) is 0.0730. The fraction of sp³-hybridized carbons (Fsp3) is 0.917. The molecule has 0 aromatic carbocycles. The summed E-state index contributed by atoms with van der Waals surface area (Å²) in [4.78, 5) is 26.0. The Labute approximate surface area is 182 Å². The smallest absolute Gasteiger partial charge is 0.148 e. The summed E-state index contributed by atoms with van der Waals surface area (Å²) in [5.74, 6) is 1.47. The second-order valence-corrected chi connectivity index (χ2v) is 13.2. The number of carbonyl (C=O) groups is 2. The van der Waals surface area contributed by atoms with Gasteiger partial charge in [0.05, 0.1) is 14.6 Å². The molecule has 2 aliphatic carbocycles. The van der Waals surface area contributed by atoms with Gasteiger partial charge in [0.25, 0.3) is 0 Å². The standard InChI is InChI=1S/C24H42O2S2/c1-5-6-17-24(4,27-18(2)22(25)20-13-9-7-10-14-20)28-19(3)23(26)21-15-11-8-12-16-21/h18-21H,5-17H2,1-4H3. The zero-order valence-electron chi connectivity index (χ0n) is 18.6. The molecule has 2 nitrogen and oxygen atoms in total. The molecule has 0 heterocycles. The topological polar surface area (TPSA) is 34.1 Å². The second kappa shape index (κ2) is 12.0. The van der Waals surface area contributed by atoms with E-state index < -0.39 is 0 Å². The van der Waals surface area contributed by atoms with E-state index >= 15 is 0 Å². The lowest BCUT2D eigenvalue weighted by molar-refractivity contribution is -0.123. The first-order chi connectivity index (χ1) is 13.4. The van der Waals surface area contributed by atoms with Crippen LogP contribution in [0.2, 0.25) is 0 Å². The summed E-state index contributed by atoms with van der Waals surface area (Å²) in [5.41, 5.74) is 0. The fourth-order valence-corrected chi connectivity index (χ4v) is 8.67. The van der Waals surface area contributed by atoms with Crippen LogP contribution in [0.15, 0.2) is 0 Å². The van der Waals surface area contributed by atoms with Gasteiger partial charge >= 0.3 is 0 Å². The molecule has 0 amide bonds. The van der Waals surface area contributed by atoms with Gasteiger partial charge in [-0.3, -0.25) is 9.59 Å². The molecule has 0 aromatic rings. The highest BCUT2D eigenvalue weighted by Crippen LogP contribution is 2.47. The van der Waals surface area contributed by atoms with Crippen molar-refractivity contribution < 1.29 is 9.59 Å². The molecule has 28 heavy (non-hydrogen) atoms. The molecule has 2 rings (SSSR count). The van der Waals surface area contributed by atoms with Gasteiger partial charge < -0.3 is 0 Å². The average molecular weight is 427 g/mol. The lowest BCUT2D eigenvalue weighted by Crippen LogP contribution is -2.33. The Bertz CT molecular complexity index is 455. The largest absolute Gasteiger partial charge is 0.298 e. The van der Waals surface area contributed by atoms with E-state index in [0.717, 1.165) is 44.9 Å². The van der Waals surface area contributed by atoms with Gasteiger partial charge in [0.15, 0.2) is 0 Å². The third-order valence-corrected chi connectivity index (χ3v) is 9.81. The second-order valence-electron chi connectivity index (χ2n) is 9.23. The molecule has 2 atom stereocenters. The molecular weight excluding hydrogens is 384 g/mol. The number of hydrogen-bond donors (Lipinski definition) is 0. The van der Waals surface area contributed by atoms with Crippen molar-refractivity contribution in [3.63, 3.8) is 0 Å². The molecule has 0 N–H and O–H groups in total. The normalized spacial score (nSPS) is 23.7. The van der Waals surface area contributed by atoms with Crippen molar-refractivity contribution in [3.8, 4) is 0 Å². The predicted molar refractivity (Wildman–Crippen MR) is 125 cm³/mol. The molecule has 0 aliphatic heterocycles. The molecule has 2 fully saturated rings. The van der Waals surface area contributed by atoms with Crippen molar-refractivity contribution in [2.24, 2.45) is 11.8 Å². The van der Waals surface area contributed by atoms with Crippen molar-refractivity contribution in [3.05, 3.63) is 0 Å². The Hall–Kier alpha value is 0.0400. The third-order valence-electron chi connectivity index (χ3n) is 6.65. The summed E-state index contributed by atoms with van der Waals surface area (Å²) in [6.07, 6.45) is 15.1. The first-order valence-electron chi connectivity index (χ1n) is 11.8. The summed E-state index contributed by atoms with van der Waals surface area (Å²) in [6, 6.07) is 0. The number of thioether (sulfide) groups is 2. The van der Waals surface area contributed by atoms with Crippen LogP contribution >= 0.6 is 23.5 Å². The Balaban J connectivity index is 1.98. The molecule has 2 saturated carbocycles. The van der Waals surface area contributed by atoms with E-state index in [9.17, 15) is 9.59 Å². The van der Waals surface area contributed by atoms with Gasteiger partial charge in [-0.15, -0.1) is 23.5 Å². The highest BCUT2D eigenvalue weighted by atomic mass is 32.2. The SMILES string of the molecule is CCCCC(C)(SC(C)C(=O)C1CCCCC1)SC(C)C(=O)C1CCCCC1. The van der Waals surface area contributed by atoms with Gasteiger partial charge in [0, 0.05) is 11.8 Å². The van der Waals surface area contributed by atoms with Gasteiger partial charge in [-0.1, -0.05) is 58.3 Å². The van der Waals surface area contributed by atoms with Crippen molar-refractivity contribution in [2.45, 2.75) is 126 Å². The lowest BCUT2D eigenvalue weighted by Gasteiger charge is -2.35. The number of rotatable bonds is 11. The Morgan fingerprint density at radius 3 is 1.57 bits per heavy atom. The molecule has 2 aliphatic rings. The summed E-state index contributed by atoms with van der Waals surface area (Å²) in [7, 11) is 0. The van der Waals surface area contributed by atoms with Crippen molar-refractivity contribution in [1.82, 2.24) is 0 Å². The van der Waals surface area contributed by atoms with Crippen molar-refractivity contribution in [1.29, 1.82) is 0 Å². The van der Waals surface area contributed by atoms with E-state index in [1.165, 1.54) is 38.5 Å². The molecule has 0 saturated heterocycles. The highest BCUT2D eigenvalue weighted by Gasteiger charge is 2.37. The average Bonchev–Trinajstić information content (AvgIpc) is 2.72. The van der Waals surface area contributed by atoms with Crippen molar-refractivity contribution >= 4 is 35.1 Å². The van der Waals surface area contributed by atoms with Gasteiger partial charge in [-0.2, -0.15) is 0 Å². The molecule has 2 unspecified atom stereocenters. The summed E-state index contributed by atoms with van der Waals surface area (Å²) < 4.78 is -0.0521. The van der Waals surface area contributed by atoms with Gasteiger partial charge in [0.2, 0.25) is 0 Å². The van der Waals surface area contributed by atoms with E-state index in [1.807, 2.05) is 23.5 Å². The lowest BCUT2D eigenvalue weighted by atomic mass is 9.85. The maximum Gasteiger partial charge on any atom is 0.148 e. The fourth-order valence-electron chi connectivity index (χ4n) is 4.95. The Morgan fingerprint density at radius 1 is 0.821 bits per heavy atom. The van der Waals surface area contributed by atoms with Crippen LogP contribution in [0.1, 0.15) is 111 Å². The van der Waals surface area contributed by atoms with Crippen LogP contribution in [0, 0.1) is 11.8 Å². The predicted octanol–water partition coefficient (Wildman–Crippen LogP) is 7.44. The van der Waals surface area contributed by atoms with Crippen LogP contribution in [0.5, 0.6) is 0 Å². The number of Topliss-reactive ketones (excluding diaryl/α,β-unsaturated/α-hetero) is 2. The van der Waals surface area contributed by atoms with Crippen LogP contribution < -0.4 is 0 Å². The minimum atomic E-state index is -0.0521. The van der Waals surface area contributed by atoms with Gasteiger partial charge in [0.1, 0.15) is 11.6 Å². The highest BCUT2D eigenvalue weighted by molar-refractivity contribution is 8.19. The van der Waals surface area contributed by atoms with Gasteiger partial charge in [-0.25, -0.2) is 0 Å². The maximum atomic E-state index is 13.0. The first-order valence-corrected chi connectivity index (χ1v) is 13.6. The van der Waals surface area contributed by atoms with Gasteiger partial charge in [-0.05, 0) is 52.9 Å². The number of unbranched alkanes of at least 4 members (excludes halogenated alkanes) is 1. The third kappa shape index (κ3) is 7.38. The van der Waals surface area contributed by atoms with E-state index in [2.05, 4.69) is 27.7 Å². The van der Waals surface area contributed by atoms with E-state index in [0.29, 0.717) is 11.6 Å². The van der Waals surface area contributed by atoms with Crippen LogP contribution in [0.3, 0.4) is 0 Å². The van der Waals surface area contributed by atoms with Crippen LogP contribution in [-0.2, 0) is 9.59 Å². The molecule has 0 spiro atoms. The monoisotopic (exact) mass is 426 g/mol. The minimum absolute atomic E-state index is 0.0365. The zero-order valence-corrected chi connectivity index (χ0v) is 20.3. The van der Waals surface area contributed by atoms with E-state index in [-0.39, 0.29) is 26.4 Å². The molecule has 0 aromatic heterocycles. The first kappa shape index (κ1) is 24.3. The Morgan fingerprint density at radius 2 is 1.21 bits per heavy atom. The van der Waals surface area contributed by atoms with E-state index in [4.69, 9.17) is 0 Å².